The van der Waals surface area contributed by atoms with Crippen LogP contribution >= 0.6 is 0 Å². The smallest absolute Gasteiger partial charge is 0.321 e. The molecular formula is C13H18N4O. The van der Waals surface area contributed by atoms with Gasteiger partial charge in [0.05, 0.1) is 12.6 Å². The molecule has 3 N–H and O–H groups in total. The van der Waals surface area contributed by atoms with E-state index in [1.807, 2.05) is 44.2 Å². The minimum absolute atomic E-state index is 0.218. The zero-order valence-corrected chi connectivity index (χ0v) is 10.6. The van der Waals surface area contributed by atoms with Gasteiger partial charge in [0, 0.05) is 0 Å². The Morgan fingerprint density at radius 3 is 2.61 bits per heavy atom. The predicted octanol–water partition coefficient (Wildman–Crippen LogP) is 1.28. The lowest BCUT2D eigenvalue weighted by molar-refractivity contribution is 0.469. The fourth-order valence-electron chi connectivity index (χ4n) is 1.80. The quantitative estimate of drug-likeness (QED) is 0.853. The third-order valence-corrected chi connectivity index (χ3v) is 2.99. The molecule has 0 aliphatic carbocycles. The largest absolute Gasteiger partial charge is 0.343 e. The number of hydrogen-bond acceptors (Lipinski definition) is 3. The van der Waals surface area contributed by atoms with E-state index in [2.05, 4.69) is 10.2 Å². The third-order valence-electron chi connectivity index (χ3n) is 2.99. The molecular weight excluding hydrogens is 228 g/mol. The Morgan fingerprint density at radius 2 is 2.00 bits per heavy atom. The molecule has 2 aromatic rings. The van der Waals surface area contributed by atoms with E-state index < -0.39 is 0 Å². The summed E-state index contributed by atoms with van der Waals surface area (Å²) in [5.74, 6) is 0.841. The van der Waals surface area contributed by atoms with Gasteiger partial charge in [0.2, 0.25) is 0 Å². The second kappa shape index (κ2) is 5.18. The molecule has 1 aromatic carbocycles. The van der Waals surface area contributed by atoms with Gasteiger partial charge < -0.3 is 5.73 Å². The summed E-state index contributed by atoms with van der Waals surface area (Å²) in [6.07, 6.45) is 0. The normalized spacial score (nSPS) is 12.9. The molecule has 1 heterocycles. The number of aromatic nitrogens is 3. The summed E-state index contributed by atoms with van der Waals surface area (Å²) in [5, 5.41) is 6.50. The highest BCUT2D eigenvalue weighted by Crippen LogP contribution is 2.15. The minimum Gasteiger partial charge on any atom is -0.321 e. The van der Waals surface area contributed by atoms with Crippen LogP contribution in [0.1, 0.15) is 31.3 Å². The molecule has 0 aliphatic heterocycles. The van der Waals surface area contributed by atoms with Crippen molar-refractivity contribution in [2.45, 2.75) is 26.4 Å². The Morgan fingerprint density at radius 1 is 1.33 bits per heavy atom. The minimum atomic E-state index is -0.243. The molecule has 96 valence electrons. The number of rotatable bonds is 4. The van der Waals surface area contributed by atoms with Crippen LogP contribution in [0.4, 0.5) is 0 Å². The van der Waals surface area contributed by atoms with E-state index in [-0.39, 0.29) is 17.6 Å². The van der Waals surface area contributed by atoms with Gasteiger partial charge in [-0.05, 0) is 11.5 Å². The molecule has 5 nitrogen and oxygen atoms in total. The lowest BCUT2D eigenvalue weighted by Crippen LogP contribution is -2.26. The van der Waals surface area contributed by atoms with Gasteiger partial charge >= 0.3 is 5.69 Å². The lowest BCUT2D eigenvalue weighted by Gasteiger charge is -2.15. The zero-order valence-electron chi connectivity index (χ0n) is 10.6. The van der Waals surface area contributed by atoms with E-state index in [1.165, 1.54) is 0 Å². The number of nitrogens with zero attached hydrogens (tertiary/aromatic N) is 2. The second-order valence-corrected chi connectivity index (χ2v) is 4.73. The molecule has 0 fully saturated rings. The lowest BCUT2D eigenvalue weighted by atomic mass is 10.0. The predicted molar refractivity (Wildman–Crippen MR) is 70.2 cm³/mol. The maximum absolute atomic E-state index is 11.8. The number of aromatic amines is 1. The number of nitrogens with two attached hydrogens (primary N) is 1. The first-order valence-corrected chi connectivity index (χ1v) is 6.04. The fraction of sp³-hybridized carbons (Fsp3) is 0.385. The van der Waals surface area contributed by atoms with Gasteiger partial charge in [-0.1, -0.05) is 44.2 Å². The summed E-state index contributed by atoms with van der Waals surface area (Å²) < 4.78 is 1.60. The summed E-state index contributed by atoms with van der Waals surface area (Å²) in [6.45, 7) is 4.51. The topological polar surface area (TPSA) is 76.7 Å². The fourth-order valence-corrected chi connectivity index (χ4v) is 1.80. The van der Waals surface area contributed by atoms with Gasteiger partial charge in [0.1, 0.15) is 0 Å². The Bertz CT molecular complexity index is 556. The summed E-state index contributed by atoms with van der Waals surface area (Å²) in [7, 11) is 0. The third kappa shape index (κ3) is 2.51. The summed E-state index contributed by atoms with van der Waals surface area (Å²) in [5.41, 5.74) is 6.90. The summed E-state index contributed by atoms with van der Waals surface area (Å²) in [4.78, 5) is 11.8. The van der Waals surface area contributed by atoms with Crippen molar-refractivity contribution in [3.8, 4) is 0 Å². The van der Waals surface area contributed by atoms with Gasteiger partial charge in [-0.3, -0.25) is 4.57 Å². The van der Waals surface area contributed by atoms with Gasteiger partial charge in [0.25, 0.3) is 0 Å². The molecule has 1 atom stereocenters. The van der Waals surface area contributed by atoms with Gasteiger partial charge in [0.15, 0.2) is 5.82 Å². The van der Waals surface area contributed by atoms with Gasteiger partial charge in [-0.2, -0.15) is 5.10 Å². The SMILES string of the molecule is CC(C)C(N)c1n[nH]c(=O)n1Cc1ccccc1. The van der Waals surface area contributed by atoms with E-state index in [0.29, 0.717) is 12.4 Å². The zero-order chi connectivity index (χ0) is 13.1. The highest BCUT2D eigenvalue weighted by atomic mass is 16.1. The number of hydrogen-bond donors (Lipinski definition) is 2. The molecule has 0 spiro atoms. The van der Waals surface area contributed by atoms with Crippen LogP contribution in [-0.2, 0) is 6.54 Å². The van der Waals surface area contributed by atoms with Crippen molar-refractivity contribution < 1.29 is 0 Å². The van der Waals surface area contributed by atoms with Crippen molar-refractivity contribution in [1.82, 2.24) is 14.8 Å². The average molecular weight is 246 g/mol. The first-order chi connectivity index (χ1) is 8.59. The van der Waals surface area contributed by atoms with Gasteiger partial charge in [-0.25, -0.2) is 9.89 Å². The van der Waals surface area contributed by atoms with E-state index >= 15 is 0 Å². The van der Waals surface area contributed by atoms with Gasteiger partial charge in [-0.15, -0.1) is 0 Å². The van der Waals surface area contributed by atoms with Crippen LogP contribution in [0.25, 0.3) is 0 Å². The molecule has 1 aromatic heterocycles. The maximum atomic E-state index is 11.8. The molecule has 0 aliphatic rings. The Labute approximate surface area is 106 Å². The first kappa shape index (κ1) is 12.6. The van der Waals surface area contributed by atoms with Crippen molar-refractivity contribution in [1.29, 1.82) is 0 Å². The number of benzene rings is 1. The Balaban J connectivity index is 2.33. The van der Waals surface area contributed by atoms with Crippen molar-refractivity contribution in [3.05, 3.63) is 52.2 Å². The number of nitrogens with one attached hydrogen (secondary N) is 1. The Hall–Kier alpha value is -1.88. The van der Waals surface area contributed by atoms with Crippen LogP contribution in [0.5, 0.6) is 0 Å². The molecule has 0 saturated heterocycles. The highest BCUT2D eigenvalue weighted by molar-refractivity contribution is 5.15. The van der Waals surface area contributed by atoms with E-state index in [4.69, 9.17) is 5.73 Å². The van der Waals surface area contributed by atoms with Crippen LogP contribution in [0, 0.1) is 5.92 Å². The molecule has 0 radical (unpaired) electrons. The number of H-pyrrole nitrogens is 1. The van der Waals surface area contributed by atoms with Crippen molar-refractivity contribution >= 4 is 0 Å². The van der Waals surface area contributed by atoms with Crippen molar-refractivity contribution in [2.24, 2.45) is 11.7 Å². The molecule has 0 saturated carbocycles. The van der Waals surface area contributed by atoms with Crippen LogP contribution < -0.4 is 11.4 Å². The van der Waals surface area contributed by atoms with Crippen LogP contribution in [0.3, 0.4) is 0 Å². The van der Waals surface area contributed by atoms with Crippen molar-refractivity contribution in [2.75, 3.05) is 0 Å². The van der Waals surface area contributed by atoms with Crippen LogP contribution in [-0.4, -0.2) is 14.8 Å². The molecule has 0 bridgehead atoms. The summed E-state index contributed by atoms with van der Waals surface area (Å²) in [6, 6.07) is 9.55. The molecule has 5 heteroatoms. The molecule has 0 amide bonds. The van der Waals surface area contributed by atoms with E-state index in [9.17, 15) is 4.79 Å². The maximum Gasteiger partial charge on any atom is 0.343 e. The van der Waals surface area contributed by atoms with E-state index in [1.54, 1.807) is 4.57 Å². The monoisotopic (exact) mass is 246 g/mol. The molecule has 18 heavy (non-hydrogen) atoms. The van der Waals surface area contributed by atoms with E-state index in [0.717, 1.165) is 5.56 Å². The molecule has 1 unspecified atom stereocenters. The Kier molecular flexibility index (Phi) is 3.62. The first-order valence-electron chi connectivity index (χ1n) is 6.04. The average Bonchev–Trinajstić information content (AvgIpc) is 2.71. The highest BCUT2D eigenvalue weighted by Gasteiger charge is 2.18. The van der Waals surface area contributed by atoms with Crippen LogP contribution in [0.2, 0.25) is 0 Å². The van der Waals surface area contributed by atoms with Crippen LogP contribution in [0.15, 0.2) is 35.1 Å². The summed E-state index contributed by atoms with van der Waals surface area (Å²) >= 11 is 0. The second-order valence-electron chi connectivity index (χ2n) is 4.73. The molecule has 2 rings (SSSR count). The standard InChI is InChI=1S/C13H18N4O/c1-9(2)11(14)12-15-16-13(18)17(12)8-10-6-4-3-5-7-10/h3-7,9,11H,8,14H2,1-2H3,(H,16,18). The van der Waals surface area contributed by atoms with Crippen molar-refractivity contribution in [3.63, 3.8) is 0 Å².